The molecule has 0 unspecified atom stereocenters. The van der Waals surface area contributed by atoms with Gasteiger partial charge in [0.05, 0.1) is 0 Å². The molecular formula is C13H18INO3. The van der Waals surface area contributed by atoms with Crippen molar-refractivity contribution in [3.63, 3.8) is 0 Å². The summed E-state index contributed by atoms with van der Waals surface area (Å²) >= 11 is 2.11. The highest BCUT2D eigenvalue weighted by Crippen LogP contribution is 2.34. The maximum absolute atomic E-state index is 11.4. The molecule has 0 saturated heterocycles. The summed E-state index contributed by atoms with van der Waals surface area (Å²) in [5.41, 5.74) is -0.859. The number of rotatable bonds is 4. The summed E-state index contributed by atoms with van der Waals surface area (Å²) < 4.78 is 0.853. The minimum Gasteiger partial charge on any atom is -0.465 e. The third kappa shape index (κ3) is 2.77. The quantitative estimate of drug-likeness (QED) is 0.638. The Bertz CT molecular complexity index is 436. The number of amides is 1. The number of carboxylic acid groups (broad SMARTS) is 1. The van der Waals surface area contributed by atoms with Gasteiger partial charge in [-0.2, -0.15) is 0 Å². The van der Waals surface area contributed by atoms with E-state index in [9.17, 15) is 15.0 Å². The van der Waals surface area contributed by atoms with Crippen LogP contribution in [0.1, 0.15) is 32.8 Å². The maximum atomic E-state index is 11.4. The molecule has 0 aromatic heterocycles. The minimum atomic E-state index is -1.49. The Hall–Kier alpha value is -0.820. The van der Waals surface area contributed by atoms with Gasteiger partial charge in [0.2, 0.25) is 0 Å². The van der Waals surface area contributed by atoms with Gasteiger partial charge >= 0.3 is 6.09 Å². The van der Waals surface area contributed by atoms with Crippen molar-refractivity contribution in [1.82, 2.24) is 4.90 Å². The molecule has 5 heteroatoms. The van der Waals surface area contributed by atoms with Crippen molar-refractivity contribution in [3.8, 4) is 0 Å². The molecule has 0 spiro atoms. The molecule has 2 N–H and O–H groups in total. The summed E-state index contributed by atoms with van der Waals surface area (Å²) in [7, 11) is 0. The first-order chi connectivity index (χ1) is 8.34. The van der Waals surface area contributed by atoms with Gasteiger partial charge in [0.15, 0.2) is 5.72 Å². The molecule has 1 aromatic carbocycles. The van der Waals surface area contributed by atoms with Crippen LogP contribution >= 0.6 is 22.6 Å². The van der Waals surface area contributed by atoms with Crippen LogP contribution in [-0.2, 0) is 5.72 Å². The normalized spacial score (nSPS) is 14.3. The van der Waals surface area contributed by atoms with E-state index in [0.717, 1.165) is 8.47 Å². The lowest BCUT2D eigenvalue weighted by atomic mass is 9.97. The SMILES string of the molecule is CC[C@@](O)(c1ccccc1I)N(C(=O)O)C(C)C. The Morgan fingerprint density at radius 2 is 2.00 bits per heavy atom. The van der Waals surface area contributed by atoms with Crippen molar-refractivity contribution in [1.29, 1.82) is 0 Å². The lowest BCUT2D eigenvalue weighted by Crippen LogP contribution is -2.52. The highest BCUT2D eigenvalue weighted by molar-refractivity contribution is 14.1. The molecule has 100 valence electrons. The number of benzene rings is 1. The van der Waals surface area contributed by atoms with Crippen LogP contribution in [0.4, 0.5) is 4.79 Å². The molecule has 0 aliphatic heterocycles. The van der Waals surface area contributed by atoms with E-state index in [0.29, 0.717) is 12.0 Å². The highest BCUT2D eigenvalue weighted by atomic mass is 127. The van der Waals surface area contributed by atoms with E-state index < -0.39 is 11.8 Å². The second kappa shape index (κ2) is 5.88. The van der Waals surface area contributed by atoms with Gasteiger partial charge < -0.3 is 10.2 Å². The lowest BCUT2D eigenvalue weighted by molar-refractivity contribution is -0.115. The third-order valence-corrected chi connectivity index (χ3v) is 3.86. The monoisotopic (exact) mass is 363 g/mol. The van der Waals surface area contributed by atoms with E-state index in [1.165, 1.54) is 0 Å². The number of hydrogen-bond acceptors (Lipinski definition) is 2. The van der Waals surface area contributed by atoms with Crippen LogP contribution < -0.4 is 0 Å². The summed E-state index contributed by atoms with van der Waals surface area (Å²) in [4.78, 5) is 12.5. The maximum Gasteiger partial charge on any atom is 0.410 e. The summed E-state index contributed by atoms with van der Waals surface area (Å²) in [6.45, 7) is 5.29. The average molecular weight is 363 g/mol. The van der Waals surface area contributed by atoms with E-state index in [2.05, 4.69) is 22.6 Å². The average Bonchev–Trinajstić information content (AvgIpc) is 2.28. The number of hydrogen-bond donors (Lipinski definition) is 2. The molecule has 4 nitrogen and oxygen atoms in total. The lowest BCUT2D eigenvalue weighted by Gasteiger charge is -2.40. The largest absolute Gasteiger partial charge is 0.465 e. The van der Waals surface area contributed by atoms with Crippen LogP contribution in [0.5, 0.6) is 0 Å². The molecule has 1 amide bonds. The van der Waals surface area contributed by atoms with Gasteiger partial charge in [-0.15, -0.1) is 0 Å². The molecule has 0 heterocycles. The van der Waals surface area contributed by atoms with Crippen molar-refractivity contribution in [2.24, 2.45) is 0 Å². The zero-order valence-corrected chi connectivity index (χ0v) is 12.9. The molecule has 0 aliphatic carbocycles. The Labute approximate surface area is 121 Å². The van der Waals surface area contributed by atoms with Gasteiger partial charge in [0.25, 0.3) is 0 Å². The fourth-order valence-electron chi connectivity index (χ4n) is 2.08. The van der Waals surface area contributed by atoms with Gasteiger partial charge in [-0.3, -0.25) is 4.90 Å². The summed E-state index contributed by atoms with van der Waals surface area (Å²) in [6, 6.07) is 6.99. The van der Waals surface area contributed by atoms with E-state index in [1.54, 1.807) is 32.9 Å². The van der Waals surface area contributed by atoms with Crippen LogP contribution in [-0.4, -0.2) is 27.2 Å². The zero-order valence-electron chi connectivity index (χ0n) is 10.7. The molecule has 0 aliphatic rings. The molecule has 1 rings (SSSR count). The highest BCUT2D eigenvalue weighted by Gasteiger charge is 2.40. The molecule has 1 atom stereocenters. The third-order valence-electron chi connectivity index (χ3n) is 2.92. The Morgan fingerprint density at radius 1 is 1.44 bits per heavy atom. The van der Waals surface area contributed by atoms with Gasteiger partial charge in [-0.25, -0.2) is 4.79 Å². The first kappa shape index (κ1) is 15.2. The van der Waals surface area contributed by atoms with E-state index in [1.807, 2.05) is 12.1 Å². The van der Waals surface area contributed by atoms with E-state index in [4.69, 9.17) is 0 Å². The van der Waals surface area contributed by atoms with Crippen molar-refractivity contribution in [3.05, 3.63) is 33.4 Å². The molecule has 1 aromatic rings. The first-order valence-electron chi connectivity index (χ1n) is 5.84. The van der Waals surface area contributed by atoms with E-state index in [-0.39, 0.29) is 6.04 Å². The Kier molecular flexibility index (Phi) is 4.98. The fraction of sp³-hybridized carbons (Fsp3) is 0.462. The second-order valence-electron chi connectivity index (χ2n) is 4.40. The molecular weight excluding hydrogens is 345 g/mol. The van der Waals surface area contributed by atoms with Crippen molar-refractivity contribution in [2.45, 2.75) is 39.0 Å². The van der Waals surface area contributed by atoms with Gasteiger partial charge in [-0.05, 0) is 48.9 Å². The zero-order chi connectivity index (χ0) is 13.9. The smallest absolute Gasteiger partial charge is 0.410 e. The molecule has 0 bridgehead atoms. The molecule has 0 saturated carbocycles. The number of nitrogens with zero attached hydrogens (tertiary/aromatic N) is 1. The standard InChI is InChI=1S/C13H18INO3/c1-4-13(18,15(9(2)3)12(16)17)10-7-5-6-8-11(10)14/h5-9,18H,4H2,1-3H3,(H,16,17)/t13-/m1/s1. The van der Waals surface area contributed by atoms with E-state index >= 15 is 0 Å². The van der Waals surface area contributed by atoms with Crippen molar-refractivity contribution >= 4 is 28.7 Å². The predicted octanol–water partition coefficient (Wildman–Crippen LogP) is 3.23. The van der Waals surface area contributed by atoms with Gasteiger partial charge in [0, 0.05) is 15.2 Å². The summed E-state index contributed by atoms with van der Waals surface area (Å²) in [5.74, 6) is 0. The van der Waals surface area contributed by atoms with Crippen LogP contribution in [0.25, 0.3) is 0 Å². The van der Waals surface area contributed by atoms with Crippen LogP contribution in [0, 0.1) is 3.57 Å². The van der Waals surface area contributed by atoms with Crippen molar-refractivity contribution < 1.29 is 15.0 Å². The van der Waals surface area contributed by atoms with Crippen LogP contribution in [0.2, 0.25) is 0 Å². The molecule has 18 heavy (non-hydrogen) atoms. The predicted molar refractivity (Wildman–Crippen MR) is 78.3 cm³/mol. The fourth-order valence-corrected chi connectivity index (χ4v) is 2.90. The van der Waals surface area contributed by atoms with Crippen LogP contribution in [0.15, 0.2) is 24.3 Å². The Balaban J connectivity index is 3.36. The van der Waals surface area contributed by atoms with Crippen molar-refractivity contribution in [2.75, 3.05) is 0 Å². The molecule has 0 fully saturated rings. The number of halogens is 1. The minimum absolute atomic E-state index is 0.302. The van der Waals surface area contributed by atoms with Gasteiger partial charge in [-0.1, -0.05) is 25.1 Å². The second-order valence-corrected chi connectivity index (χ2v) is 5.56. The summed E-state index contributed by atoms with van der Waals surface area (Å²) in [5, 5.41) is 20.1. The number of carbonyl (C=O) groups is 1. The molecule has 0 radical (unpaired) electrons. The number of aliphatic hydroxyl groups is 1. The topological polar surface area (TPSA) is 60.8 Å². The van der Waals surface area contributed by atoms with Crippen LogP contribution in [0.3, 0.4) is 0 Å². The summed E-state index contributed by atoms with van der Waals surface area (Å²) in [6.07, 6.45) is -0.814. The first-order valence-corrected chi connectivity index (χ1v) is 6.92. The van der Waals surface area contributed by atoms with Gasteiger partial charge in [0.1, 0.15) is 0 Å². The Morgan fingerprint density at radius 3 is 2.39 bits per heavy atom.